The van der Waals surface area contributed by atoms with E-state index >= 15 is 0 Å². The van der Waals surface area contributed by atoms with E-state index < -0.39 is 35.9 Å². The lowest BCUT2D eigenvalue weighted by molar-refractivity contribution is -0.204. The average Bonchev–Trinajstić information content (AvgIpc) is 3.00. The fraction of sp³-hybridized carbons (Fsp3) is 0.842. The van der Waals surface area contributed by atoms with Gasteiger partial charge in [0.2, 0.25) is 5.91 Å². The first-order chi connectivity index (χ1) is 12.8. The molecule has 2 heterocycles. The first-order valence-electron chi connectivity index (χ1n) is 9.50. The van der Waals surface area contributed by atoms with Gasteiger partial charge < -0.3 is 25.4 Å². The molecule has 154 valence electrons. The standard InChI is InChI=1S/C19H32N2O5S/c1-5-7-11-9-13(21(3)10-11)18(25)20-12(8-6-2)17-15(23)14(22)16(24)19(26-17)27-4/h2,11-17,19,22-24H,5,7-10H2,1,3-4H3,(H,20,25)/t11-,12-,13+,14-,15?,16-,17-,19?/m1/s1. The van der Waals surface area contributed by atoms with Crippen LogP contribution in [-0.4, -0.2) is 87.9 Å². The summed E-state index contributed by atoms with van der Waals surface area (Å²) in [5, 5.41) is 33.5. The summed E-state index contributed by atoms with van der Waals surface area (Å²) < 4.78 is 5.77. The van der Waals surface area contributed by atoms with Crippen LogP contribution in [-0.2, 0) is 9.53 Å². The molecule has 0 aromatic rings. The van der Waals surface area contributed by atoms with Gasteiger partial charge in [-0.1, -0.05) is 13.3 Å². The van der Waals surface area contributed by atoms with Gasteiger partial charge in [0, 0.05) is 13.0 Å². The number of hydrogen-bond acceptors (Lipinski definition) is 7. The van der Waals surface area contributed by atoms with Crippen molar-refractivity contribution in [2.45, 2.75) is 74.5 Å². The van der Waals surface area contributed by atoms with Gasteiger partial charge in [-0.15, -0.1) is 24.1 Å². The maximum Gasteiger partial charge on any atom is 0.237 e. The lowest BCUT2D eigenvalue weighted by atomic mass is 9.92. The zero-order valence-electron chi connectivity index (χ0n) is 16.2. The van der Waals surface area contributed by atoms with Gasteiger partial charge in [-0.05, 0) is 32.1 Å². The molecule has 4 N–H and O–H groups in total. The van der Waals surface area contributed by atoms with Gasteiger partial charge >= 0.3 is 0 Å². The Morgan fingerprint density at radius 3 is 2.67 bits per heavy atom. The number of hydrogen-bond donors (Lipinski definition) is 4. The van der Waals surface area contributed by atoms with Crippen molar-refractivity contribution < 1.29 is 24.9 Å². The summed E-state index contributed by atoms with van der Waals surface area (Å²) in [4.78, 5) is 14.9. The highest BCUT2D eigenvalue weighted by Gasteiger charge is 2.47. The smallest absolute Gasteiger partial charge is 0.237 e. The molecular formula is C19H32N2O5S. The number of carbonyl (C=O) groups is 1. The molecule has 8 atom stereocenters. The SMILES string of the molecule is C#CC[C@@H](NC(=O)[C@@H]1C[C@@H](CCC)CN1C)[C@H]1OC(SC)[C@H](O)[C@H](O)C1O. The summed E-state index contributed by atoms with van der Waals surface area (Å²) in [5.41, 5.74) is -0.700. The number of rotatable bonds is 7. The van der Waals surface area contributed by atoms with Crippen LogP contribution in [0.5, 0.6) is 0 Å². The van der Waals surface area contributed by atoms with Crippen LogP contribution < -0.4 is 5.32 Å². The van der Waals surface area contributed by atoms with Crippen molar-refractivity contribution in [3.8, 4) is 12.3 Å². The van der Waals surface area contributed by atoms with Crippen LogP contribution in [0, 0.1) is 18.3 Å². The molecule has 7 nitrogen and oxygen atoms in total. The molecule has 0 spiro atoms. The molecule has 2 aliphatic heterocycles. The first-order valence-corrected chi connectivity index (χ1v) is 10.8. The molecule has 0 aliphatic carbocycles. The Labute approximate surface area is 165 Å². The summed E-state index contributed by atoms with van der Waals surface area (Å²) in [6.07, 6.45) is 5.54. The Balaban J connectivity index is 2.08. The van der Waals surface area contributed by atoms with Crippen molar-refractivity contribution in [2.75, 3.05) is 19.8 Å². The highest BCUT2D eigenvalue weighted by molar-refractivity contribution is 7.99. The van der Waals surface area contributed by atoms with Gasteiger partial charge in [0.15, 0.2) is 0 Å². The number of likely N-dealkylation sites (tertiary alicyclic amines) is 1. The first kappa shape index (κ1) is 22.5. The number of thioether (sulfide) groups is 1. The quantitative estimate of drug-likeness (QED) is 0.439. The molecule has 0 radical (unpaired) electrons. The van der Waals surface area contributed by atoms with Gasteiger partial charge in [0.25, 0.3) is 0 Å². The predicted octanol–water partition coefficient (Wildman–Crippen LogP) is -0.214. The number of nitrogens with one attached hydrogen (secondary N) is 1. The summed E-state index contributed by atoms with van der Waals surface area (Å²) in [6.45, 7) is 3.02. The molecule has 8 heteroatoms. The fourth-order valence-electron chi connectivity index (χ4n) is 4.09. The third-order valence-corrected chi connectivity index (χ3v) is 6.39. The molecule has 0 saturated carbocycles. The summed E-state index contributed by atoms with van der Waals surface area (Å²) in [5.74, 6) is 2.86. The van der Waals surface area contributed by atoms with Crippen molar-refractivity contribution >= 4 is 17.7 Å². The van der Waals surface area contributed by atoms with Crippen LogP contribution in [0.15, 0.2) is 0 Å². The van der Waals surface area contributed by atoms with Crippen molar-refractivity contribution in [1.82, 2.24) is 10.2 Å². The minimum absolute atomic E-state index is 0.145. The molecule has 0 aromatic heterocycles. The average molecular weight is 401 g/mol. The molecule has 2 unspecified atom stereocenters. The topological polar surface area (TPSA) is 102 Å². The van der Waals surface area contributed by atoms with E-state index in [1.165, 1.54) is 11.8 Å². The number of nitrogens with zero attached hydrogens (tertiary/aromatic N) is 1. The Morgan fingerprint density at radius 2 is 2.07 bits per heavy atom. The molecular weight excluding hydrogens is 368 g/mol. The Hall–Kier alpha value is -0.820. The number of aliphatic hydroxyl groups is 3. The fourth-order valence-corrected chi connectivity index (χ4v) is 4.76. The van der Waals surface area contributed by atoms with Crippen molar-refractivity contribution in [1.29, 1.82) is 0 Å². The monoisotopic (exact) mass is 400 g/mol. The number of aliphatic hydroxyl groups excluding tert-OH is 3. The largest absolute Gasteiger partial charge is 0.388 e. The van der Waals surface area contributed by atoms with Crippen molar-refractivity contribution in [3.05, 3.63) is 0 Å². The van der Waals surface area contributed by atoms with Crippen LogP contribution in [0.4, 0.5) is 0 Å². The van der Waals surface area contributed by atoms with Crippen molar-refractivity contribution in [3.63, 3.8) is 0 Å². The number of likely N-dealkylation sites (N-methyl/N-ethyl adjacent to an activating group) is 1. The molecule has 0 bridgehead atoms. The summed E-state index contributed by atoms with van der Waals surface area (Å²) >= 11 is 1.23. The molecule has 2 aliphatic rings. The Morgan fingerprint density at radius 1 is 1.37 bits per heavy atom. The van der Waals surface area contributed by atoms with E-state index in [0.717, 1.165) is 25.8 Å². The Kier molecular flexibility index (Phi) is 8.40. The lowest BCUT2D eigenvalue weighted by Gasteiger charge is -2.43. The number of amides is 1. The zero-order valence-corrected chi connectivity index (χ0v) is 17.1. The highest BCUT2D eigenvalue weighted by atomic mass is 32.2. The summed E-state index contributed by atoms with van der Waals surface area (Å²) in [7, 11) is 1.94. The molecule has 27 heavy (non-hydrogen) atoms. The lowest BCUT2D eigenvalue weighted by Crippen LogP contribution is -2.63. The molecule has 0 aromatic carbocycles. The van der Waals surface area contributed by atoms with E-state index in [1.807, 2.05) is 11.9 Å². The van der Waals surface area contributed by atoms with Crippen LogP contribution in [0.1, 0.15) is 32.6 Å². The van der Waals surface area contributed by atoms with E-state index in [4.69, 9.17) is 11.2 Å². The number of carbonyl (C=O) groups excluding carboxylic acids is 1. The van der Waals surface area contributed by atoms with E-state index in [-0.39, 0.29) is 18.4 Å². The minimum atomic E-state index is -1.36. The Bertz CT molecular complexity index is 541. The van der Waals surface area contributed by atoms with Gasteiger partial charge in [0.1, 0.15) is 29.9 Å². The maximum absolute atomic E-state index is 12.9. The van der Waals surface area contributed by atoms with E-state index in [0.29, 0.717) is 5.92 Å². The van der Waals surface area contributed by atoms with Crippen LogP contribution in [0.25, 0.3) is 0 Å². The van der Waals surface area contributed by atoms with Crippen LogP contribution in [0.3, 0.4) is 0 Å². The molecule has 1 amide bonds. The van der Waals surface area contributed by atoms with E-state index in [9.17, 15) is 20.1 Å². The third-order valence-electron chi connectivity index (χ3n) is 5.54. The maximum atomic E-state index is 12.9. The predicted molar refractivity (Wildman–Crippen MR) is 105 cm³/mol. The second-order valence-electron chi connectivity index (χ2n) is 7.55. The van der Waals surface area contributed by atoms with Gasteiger partial charge in [-0.2, -0.15) is 0 Å². The van der Waals surface area contributed by atoms with Crippen LogP contribution in [0.2, 0.25) is 0 Å². The normalized spacial score (nSPS) is 38.3. The second kappa shape index (κ2) is 10.1. The van der Waals surface area contributed by atoms with Gasteiger partial charge in [-0.3, -0.25) is 9.69 Å². The van der Waals surface area contributed by atoms with Gasteiger partial charge in [0.05, 0.1) is 12.1 Å². The molecule has 2 fully saturated rings. The third kappa shape index (κ3) is 5.17. The summed E-state index contributed by atoms with van der Waals surface area (Å²) in [6, 6.07) is -0.887. The highest BCUT2D eigenvalue weighted by Crippen LogP contribution is 2.30. The molecule has 2 rings (SSSR count). The minimum Gasteiger partial charge on any atom is -0.388 e. The van der Waals surface area contributed by atoms with E-state index in [1.54, 1.807) is 6.26 Å². The van der Waals surface area contributed by atoms with Crippen molar-refractivity contribution in [2.24, 2.45) is 5.92 Å². The number of terminal acetylenes is 1. The van der Waals surface area contributed by atoms with Gasteiger partial charge in [-0.25, -0.2) is 0 Å². The molecule has 2 saturated heterocycles. The van der Waals surface area contributed by atoms with E-state index in [2.05, 4.69) is 18.2 Å². The number of ether oxygens (including phenoxy) is 1. The van der Waals surface area contributed by atoms with Crippen LogP contribution >= 0.6 is 11.8 Å². The zero-order chi connectivity index (χ0) is 20.1. The second-order valence-corrected chi connectivity index (χ2v) is 8.48.